The third kappa shape index (κ3) is 4.41. The number of benzene rings is 2. The average molecular weight is 314 g/mol. The number of esters is 1. The molecule has 0 amide bonds. The molecule has 0 bridgehead atoms. The van der Waals surface area contributed by atoms with Crippen molar-refractivity contribution in [3.8, 4) is 5.75 Å². The SMILES string of the molecule is CC(CO)c1cc(OC(=O)c2ccccc2)cc(C(C)CO)c1. The van der Waals surface area contributed by atoms with Crippen molar-refractivity contribution in [3.63, 3.8) is 0 Å². The highest BCUT2D eigenvalue weighted by Crippen LogP contribution is 2.28. The number of carbonyl (C=O) groups is 1. The van der Waals surface area contributed by atoms with E-state index in [0.29, 0.717) is 11.3 Å². The van der Waals surface area contributed by atoms with Crippen molar-refractivity contribution in [1.82, 2.24) is 0 Å². The molecule has 2 aromatic carbocycles. The molecule has 0 radical (unpaired) electrons. The molecule has 2 N–H and O–H groups in total. The van der Waals surface area contributed by atoms with Crippen molar-refractivity contribution < 1.29 is 19.7 Å². The molecule has 0 heterocycles. The zero-order valence-electron chi connectivity index (χ0n) is 13.4. The van der Waals surface area contributed by atoms with Gasteiger partial charge in [-0.1, -0.05) is 38.1 Å². The van der Waals surface area contributed by atoms with E-state index < -0.39 is 5.97 Å². The van der Waals surface area contributed by atoms with Crippen LogP contribution in [0.4, 0.5) is 0 Å². The fourth-order valence-corrected chi connectivity index (χ4v) is 2.22. The first kappa shape index (κ1) is 17.2. The molecular formula is C19H22O4. The predicted octanol–water partition coefficient (Wildman–Crippen LogP) is 3.10. The van der Waals surface area contributed by atoms with E-state index in [-0.39, 0.29) is 25.0 Å². The van der Waals surface area contributed by atoms with Crippen LogP contribution in [0, 0.1) is 0 Å². The molecule has 23 heavy (non-hydrogen) atoms. The fraction of sp³-hybridized carbons (Fsp3) is 0.316. The second-order valence-electron chi connectivity index (χ2n) is 5.76. The Hall–Kier alpha value is -2.17. The molecule has 0 aliphatic heterocycles. The quantitative estimate of drug-likeness (QED) is 0.635. The van der Waals surface area contributed by atoms with E-state index in [1.807, 2.05) is 26.0 Å². The Balaban J connectivity index is 2.31. The minimum absolute atomic E-state index is 0.00301. The van der Waals surface area contributed by atoms with Gasteiger partial charge >= 0.3 is 5.97 Å². The van der Waals surface area contributed by atoms with Gasteiger partial charge in [-0.25, -0.2) is 4.79 Å². The Labute approximate surface area is 136 Å². The summed E-state index contributed by atoms with van der Waals surface area (Å²) in [5, 5.41) is 18.7. The van der Waals surface area contributed by atoms with Crippen LogP contribution in [0.25, 0.3) is 0 Å². The lowest BCUT2D eigenvalue weighted by atomic mass is 9.94. The van der Waals surface area contributed by atoms with Gasteiger partial charge in [0, 0.05) is 25.0 Å². The average Bonchev–Trinajstić information content (AvgIpc) is 2.60. The van der Waals surface area contributed by atoms with E-state index in [4.69, 9.17) is 4.74 Å². The maximum Gasteiger partial charge on any atom is 0.343 e. The highest BCUT2D eigenvalue weighted by atomic mass is 16.5. The van der Waals surface area contributed by atoms with E-state index in [1.54, 1.807) is 36.4 Å². The van der Waals surface area contributed by atoms with Crippen molar-refractivity contribution in [2.45, 2.75) is 25.7 Å². The normalized spacial score (nSPS) is 13.4. The molecule has 0 saturated heterocycles. The van der Waals surface area contributed by atoms with Gasteiger partial charge in [0.1, 0.15) is 5.75 Å². The monoisotopic (exact) mass is 314 g/mol. The summed E-state index contributed by atoms with van der Waals surface area (Å²) in [5.74, 6) is -0.154. The number of carbonyl (C=O) groups excluding carboxylic acids is 1. The predicted molar refractivity (Wildman–Crippen MR) is 88.8 cm³/mol. The van der Waals surface area contributed by atoms with Crippen LogP contribution in [0.1, 0.15) is 47.2 Å². The molecule has 2 atom stereocenters. The van der Waals surface area contributed by atoms with Gasteiger partial charge in [0.25, 0.3) is 0 Å². The lowest BCUT2D eigenvalue weighted by molar-refractivity contribution is 0.0734. The third-order valence-electron chi connectivity index (χ3n) is 3.86. The molecule has 2 rings (SSSR count). The van der Waals surface area contributed by atoms with Crippen LogP contribution in [0.3, 0.4) is 0 Å². The first-order valence-electron chi connectivity index (χ1n) is 7.69. The van der Waals surface area contributed by atoms with Gasteiger partial charge in [-0.2, -0.15) is 0 Å². The minimum atomic E-state index is -0.429. The molecule has 0 spiro atoms. The Morgan fingerprint density at radius 2 is 1.48 bits per heavy atom. The number of rotatable bonds is 6. The highest BCUT2D eigenvalue weighted by molar-refractivity contribution is 5.91. The maximum atomic E-state index is 12.2. The van der Waals surface area contributed by atoms with Crippen molar-refractivity contribution in [2.75, 3.05) is 13.2 Å². The van der Waals surface area contributed by atoms with Crippen molar-refractivity contribution in [1.29, 1.82) is 0 Å². The molecule has 2 aromatic rings. The molecule has 4 heteroatoms. The van der Waals surface area contributed by atoms with E-state index >= 15 is 0 Å². The highest BCUT2D eigenvalue weighted by Gasteiger charge is 2.14. The lowest BCUT2D eigenvalue weighted by Gasteiger charge is -2.16. The zero-order valence-corrected chi connectivity index (χ0v) is 13.4. The number of aliphatic hydroxyl groups excluding tert-OH is 2. The summed E-state index contributed by atoms with van der Waals surface area (Å²) >= 11 is 0. The number of ether oxygens (including phenoxy) is 1. The van der Waals surface area contributed by atoms with E-state index in [0.717, 1.165) is 11.1 Å². The Morgan fingerprint density at radius 1 is 0.957 bits per heavy atom. The van der Waals surface area contributed by atoms with Crippen LogP contribution in [-0.4, -0.2) is 29.4 Å². The summed E-state index contributed by atoms with van der Waals surface area (Å²) in [7, 11) is 0. The van der Waals surface area contributed by atoms with Crippen molar-refractivity contribution in [2.24, 2.45) is 0 Å². The van der Waals surface area contributed by atoms with E-state index in [1.165, 1.54) is 0 Å². The first-order chi connectivity index (χ1) is 11.0. The smallest absolute Gasteiger partial charge is 0.343 e. The summed E-state index contributed by atoms with van der Waals surface area (Å²) in [5.41, 5.74) is 2.23. The molecular weight excluding hydrogens is 292 g/mol. The van der Waals surface area contributed by atoms with Crippen LogP contribution in [0.5, 0.6) is 5.75 Å². The molecule has 0 aliphatic carbocycles. The summed E-state index contributed by atoms with van der Waals surface area (Å²) in [6, 6.07) is 14.2. The van der Waals surface area contributed by atoms with Crippen LogP contribution >= 0.6 is 0 Å². The van der Waals surface area contributed by atoms with E-state index in [9.17, 15) is 15.0 Å². The van der Waals surface area contributed by atoms with Gasteiger partial charge in [-0.05, 0) is 35.4 Å². The number of hydrogen-bond donors (Lipinski definition) is 2. The molecule has 4 nitrogen and oxygen atoms in total. The zero-order chi connectivity index (χ0) is 16.8. The number of hydrogen-bond acceptors (Lipinski definition) is 4. The summed E-state index contributed by atoms with van der Waals surface area (Å²) in [6.45, 7) is 3.79. The summed E-state index contributed by atoms with van der Waals surface area (Å²) < 4.78 is 5.47. The Bertz CT molecular complexity index is 623. The molecule has 2 unspecified atom stereocenters. The molecule has 0 aliphatic rings. The molecule has 0 fully saturated rings. The van der Waals surface area contributed by atoms with Gasteiger partial charge in [-0.3, -0.25) is 0 Å². The Morgan fingerprint density at radius 3 is 1.96 bits per heavy atom. The van der Waals surface area contributed by atoms with Crippen LogP contribution in [0.15, 0.2) is 48.5 Å². The van der Waals surface area contributed by atoms with Gasteiger partial charge in [-0.15, -0.1) is 0 Å². The molecule has 122 valence electrons. The third-order valence-corrected chi connectivity index (χ3v) is 3.86. The van der Waals surface area contributed by atoms with Gasteiger partial charge in [0.05, 0.1) is 5.56 Å². The molecule has 0 aromatic heterocycles. The fourth-order valence-electron chi connectivity index (χ4n) is 2.22. The van der Waals surface area contributed by atoms with Crippen LogP contribution < -0.4 is 4.74 Å². The maximum absolute atomic E-state index is 12.2. The standard InChI is InChI=1S/C19H22O4/c1-13(11-20)16-8-17(14(2)12-21)10-18(9-16)23-19(22)15-6-4-3-5-7-15/h3-10,13-14,20-21H,11-12H2,1-2H3. The largest absolute Gasteiger partial charge is 0.423 e. The molecule has 0 saturated carbocycles. The minimum Gasteiger partial charge on any atom is -0.423 e. The summed E-state index contributed by atoms with van der Waals surface area (Å²) in [6.07, 6.45) is 0. The second-order valence-corrected chi connectivity index (χ2v) is 5.76. The van der Waals surface area contributed by atoms with Gasteiger partial charge in [0.15, 0.2) is 0 Å². The van der Waals surface area contributed by atoms with Gasteiger partial charge < -0.3 is 14.9 Å². The second kappa shape index (κ2) is 7.90. The van der Waals surface area contributed by atoms with E-state index in [2.05, 4.69) is 0 Å². The first-order valence-corrected chi connectivity index (χ1v) is 7.69. The van der Waals surface area contributed by atoms with Crippen molar-refractivity contribution >= 4 is 5.97 Å². The van der Waals surface area contributed by atoms with Crippen molar-refractivity contribution in [3.05, 3.63) is 65.2 Å². The lowest BCUT2D eigenvalue weighted by Crippen LogP contribution is -2.10. The van der Waals surface area contributed by atoms with Crippen LogP contribution in [0.2, 0.25) is 0 Å². The topological polar surface area (TPSA) is 66.8 Å². The van der Waals surface area contributed by atoms with Gasteiger partial charge in [0.2, 0.25) is 0 Å². The Kier molecular flexibility index (Phi) is 5.90. The van der Waals surface area contributed by atoms with Crippen LogP contribution in [-0.2, 0) is 0 Å². The summed E-state index contributed by atoms with van der Waals surface area (Å²) in [4.78, 5) is 12.2. The number of aliphatic hydroxyl groups is 2.